The van der Waals surface area contributed by atoms with Crippen LogP contribution in [0.1, 0.15) is 35.0 Å². The summed E-state index contributed by atoms with van der Waals surface area (Å²) in [7, 11) is 0. The molecule has 2 N–H and O–H groups in total. The van der Waals surface area contributed by atoms with Gasteiger partial charge in [-0.05, 0) is 43.4 Å². The standard InChI is InChI=1S/C20H21NO3/c1-2-23-20(22)19-18(21)17-15(12-7-13-16(17)24-19)11-6-10-14-8-4-3-5-9-14/h3-5,7-9,12-13H,2,6,10-11,21H2,1H3. The first-order chi connectivity index (χ1) is 11.7. The van der Waals surface area contributed by atoms with Gasteiger partial charge in [0.15, 0.2) is 0 Å². The number of carbonyl (C=O) groups is 1. The van der Waals surface area contributed by atoms with Crippen LogP contribution in [0.25, 0.3) is 11.0 Å². The number of esters is 1. The Kier molecular flexibility index (Phi) is 4.85. The van der Waals surface area contributed by atoms with E-state index in [4.69, 9.17) is 14.9 Å². The van der Waals surface area contributed by atoms with Gasteiger partial charge in [0, 0.05) is 5.39 Å². The van der Waals surface area contributed by atoms with Crippen molar-refractivity contribution in [1.82, 2.24) is 0 Å². The Hall–Kier alpha value is -2.75. The highest BCUT2D eigenvalue weighted by molar-refractivity contribution is 6.04. The van der Waals surface area contributed by atoms with E-state index < -0.39 is 5.97 Å². The molecule has 3 rings (SSSR count). The van der Waals surface area contributed by atoms with Crippen molar-refractivity contribution in [1.29, 1.82) is 0 Å². The van der Waals surface area contributed by atoms with Crippen LogP contribution in [0.2, 0.25) is 0 Å². The molecule has 0 saturated heterocycles. The summed E-state index contributed by atoms with van der Waals surface area (Å²) in [5, 5.41) is 0.827. The van der Waals surface area contributed by atoms with E-state index in [0.717, 1.165) is 30.2 Å². The van der Waals surface area contributed by atoms with Crippen molar-refractivity contribution >= 4 is 22.6 Å². The Morgan fingerprint density at radius 2 is 1.88 bits per heavy atom. The molecule has 24 heavy (non-hydrogen) atoms. The first-order valence-corrected chi connectivity index (χ1v) is 8.21. The molecular formula is C20H21NO3. The molecule has 0 aliphatic heterocycles. The smallest absolute Gasteiger partial charge is 0.376 e. The van der Waals surface area contributed by atoms with Crippen molar-refractivity contribution in [2.45, 2.75) is 26.2 Å². The van der Waals surface area contributed by atoms with E-state index >= 15 is 0 Å². The van der Waals surface area contributed by atoms with E-state index in [1.165, 1.54) is 5.56 Å². The molecule has 0 atom stereocenters. The molecule has 0 aliphatic rings. The topological polar surface area (TPSA) is 65.5 Å². The van der Waals surface area contributed by atoms with Gasteiger partial charge in [-0.3, -0.25) is 0 Å². The van der Waals surface area contributed by atoms with Crippen molar-refractivity contribution in [3.8, 4) is 0 Å². The van der Waals surface area contributed by atoms with Gasteiger partial charge in [0.25, 0.3) is 0 Å². The fourth-order valence-electron chi connectivity index (χ4n) is 2.93. The van der Waals surface area contributed by atoms with E-state index in [0.29, 0.717) is 17.9 Å². The van der Waals surface area contributed by atoms with Crippen molar-refractivity contribution < 1.29 is 13.9 Å². The number of ether oxygens (including phenoxy) is 1. The third kappa shape index (κ3) is 3.27. The van der Waals surface area contributed by atoms with Crippen molar-refractivity contribution in [2.75, 3.05) is 12.3 Å². The average Bonchev–Trinajstić information content (AvgIpc) is 2.94. The second kappa shape index (κ2) is 7.21. The summed E-state index contributed by atoms with van der Waals surface area (Å²) >= 11 is 0. The van der Waals surface area contributed by atoms with Crippen LogP contribution in [0, 0.1) is 0 Å². The van der Waals surface area contributed by atoms with E-state index in [-0.39, 0.29) is 5.76 Å². The van der Waals surface area contributed by atoms with Crippen LogP contribution < -0.4 is 5.73 Å². The predicted molar refractivity (Wildman–Crippen MR) is 95.0 cm³/mol. The second-order valence-corrected chi connectivity index (χ2v) is 5.69. The SMILES string of the molecule is CCOC(=O)c1oc2cccc(CCCc3ccccc3)c2c1N. The van der Waals surface area contributed by atoms with Crippen molar-refractivity contribution in [3.63, 3.8) is 0 Å². The molecule has 0 radical (unpaired) electrons. The summed E-state index contributed by atoms with van der Waals surface area (Å²) in [6, 6.07) is 16.2. The average molecular weight is 323 g/mol. The Balaban J connectivity index is 1.82. The quantitative estimate of drug-likeness (QED) is 0.684. The van der Waals surface area contributed by atoms with Gasteiger partial charge >= 0.3 is 5.97 Å². The number of carbonyl (C=O) groups excluding carboxylic acids is 1. The number of hydrogen-bond acceptors (Lipinski definition) is 4. The molecule has 0 aliphatic carbocycles. The lowest BCUT2D eigenvalue weighted by Gasteiger charge is -2.04. The molecular weight excluding hydrogens is 302 g/mol. The lowest BCUT2D eigenvalue weighted by atomic mass is 10.0. The minimum absolute atomic E-state index is 0.0994. The van der Waals surface area contributed by atoms with Crippen LogP contribution in [-0.2, 0) is 17.6 Å². The van der Waals surface area contributed by atoms with E-state index in [9.17, 15) is 4.79 Å². The maximum atomic E-state index is 11.9. The minimum Gasteiger partial charge on any atom is -0.460 e. The maximum Gasteiger partial charge on any atom is 0.376 e. The summed E-state index contributed by atoms with van der Waals surface area (Å²) in [5.41, 5.74) is 9.58. The van der Waals surface area contributed by atoms with Crippen LogP contribution in [0.3, 0.4) is 0 Å². The number of aryl methyl sites for hydroxylation is 2. The molecule has 0 fully saturated rings. The van der Waals surface area contributed by atoms with Crippen LogP contribution in [-0.4, -0.2) is 12.6 Å². The fraction of sp³-hybridized carbons (Fsp3) is 0.250. The number of furan rings is 1. The van der Waals surface area contributed by atoms with E-state index in [2.05, 4.69) is 24.3 Å². The monoisotopic (exact) mass is 323 g/mol. The second-order valence-electron chi connectivity index (χ2n) is 5.69. The molecule has 4 heteroatoms. The molecule has 0 bridgehead atoms. The number of hydrogen-bond donors (Lipinski definition) is 1. The van der Waals surface area contributed by atoms with Crippen LogP contribution in [0.15, 0.2) is 52.9 Å². The van der Waals surface area contributed by atoms with Gasteiger partial charge < -0.3 is 14.9 Å². The van der Waals surface area contributed by atoms with Crippen LogP contribution >= 0.6 is 0 Å². The highest BCUT2D eigenvalue weighted by Crippen LogP contribution is 2.32. The van der Waals surface area contributed by atoms with Crippen molar-refractivity contribution in [2.24, 2.45) is 0 Å². The predicted octanol–water partition coefficient (Wildman–Crippen LogP) is 4.37. The molecule has 2 aromatic carbocycles. The number of nitrogens with two attached hydrogens (primary N) is 1. The first-order valence-electron chi connectivity index (χ1n) is 8.21. The molecule has 0 spiro atoms. The summed E-state index contributed by atoms with van der Waals surface area (Å²) in [6.45, 7) is 2.05. The summed E-state index contributed by atoms with van der Waals surface area (Å²) in [5.74, 6) is -0.413. The number of benzene rings is 2. The number of fused-ring (bicyclic) bond motifs is 1. The molecule has 1 aromatic heterocycles. The molecule has 124 valence electrons. The fourth-order valence-corrected chi connectivity index (χ4v) is 2.93. The van der Waals surface area contributed by atoms with Gasteiger partial charge in [-0.25, -0.2) is 4.79 Å². The Morgan fingerprint density at radius 1 is 1.08 bits per heavy atom. The third-order valence-corrected chi connectivity index (χ3v) is 4.05. The third-order valence-electron chi connectivity index (χ3n) is 4.05. The van der Waals surface area contributed by atoms with Gasteiger partial charge in [-0.1, -0.05) is 42.5 Å². The molecule has 1 heterocycles. The minimum atomic E-state index is -0.513. The molecule has 3 aromatic rings. The van der Waals surface area contributed by atoms with Crippen LogP contribution in [0.5, 0.6) is 0 Å². The Bertz CT molecular complexity index is 837. The van der Waals surface area contributed by atoms with E-state index in [1.54, 1.807) is 6.92 Å². The lowest BCUT2D eigenvalue weighted by Crippen LogP contribution is -2.05. The summed E-state index contributed by atoms with van der Waals surface area (Å²) in [6.07, 6.45) is 2.88. The highest BCUT2D eigenvalue weighted by Gasteiger charge is 2.21. The van der Waals surface area contributed by atoms with E-state index in [1.807, 2.05) is 24.3 Å². The van der Waals surface area contributed by atoms with Gasteiger partial charge in [-0.2, -0.15) is 0 Å². The van der Waals surface area contributed by atoms with Gasteiger partial charge in [0.1, 0.15) is 5.58 Å². The zero-order valence-electron chi connectivity index (χ0n) is 13.7. The Labute approximate surface area is 141 Å². The summed E-state index contributed by atoms with van der Waals surface area (Å²) in [4.78, 5) is 11.9. The van der Waals surface area contributed by atoms with Gasteiger partial charge in [0.2, 0.25) is 5.76 Å². The zero-order valence-corrected chi connectivity index (χ0v) is 13.7. The normalized spacial score (nSPS) is 10.9. The number of nitrogen functional groups attached to an aromatic ring is 1. The maximum absolute atomic E-state index is 11.9. The first kappa shape index (κ1) is 16.1. The molecule has 4 nitrogen and oxygen atoms in total. The van der Waals surface area contributed by atoms with Gasteiger partial charge in [0.05, 0.1) is 12.3 Å². The summed E-state index contributed by atoms with van der Waals surface area (Å²) < 4.78 is 10.6. The molecule has 0 amide bonds. The molecule has 0 unspecified atom stereocenters. The Morgan fingerprint density at radius 3 is 2.62 bits per heavy atom. The number of rotatable bonds is 6. The largest absolute Gasteiger partial charge is 0.460 e. The zero-order chi connectivity index (χ0) is 16.9. The van der Waals surface area contributed by atoms with Gasteiger partial charge in [-0.15, -0.1) is 0 Å². The number of anilines is 1. The van der Waals surface area contributed by atoms with Crippen LogP contribution in [0.4, 0.5) is 5.69 Å². The van der Waals surface area contributed by atoms with Crippen molar-refractivity contribution in [3.05, 3.63) is 65.4 Å². The highest BCUT2D eigenvalue weighted by atomic mass is 16.5. The lowest BCUT2D eigenvalue weighted by molar-refractivity contribution is 0.0494. The molecule has 0 saturated carbocycles.